The summed E-state index contributed by atoms with van der Waals surface area (Å²) in [6.07, 6.45) is 7.04. The first-order chi connectivity index (χ1) is 14.5. The van der Waals surface area contributed by atoms with Crippen LogP contribution < -0.4 is 4.74 Å². The minimum absolute atomic E-state index is 0.0765. The number of carbonyl (C=O) groups excluding carboxylic acids is 1. The maximum absolute atomic E-state index is 13.8. The summed E-state index contributed by atoms with van der Waals surface area (Å²) in [4.78, 5) is 28.0. The Kier molecular flexibility index (Phi) is 5.70. The highest BCUT2D eigenvalue weighted by Gasteiger charge is 2.33. The van der Waals surface area contributed by atoms with E-state index in [-0.39, 0.29) is 24.3 Å². The molecule has 0 saturated carbocycles. The van der Waals surface area contributed by atoms with Gasteiger partial charge < -0.3 is 9.64 Å². The summed E-state index contributed by atoms with van der Waals surface area (Å²) in [6.45, 7) is 4.23. The standard InChI is InChI=1S/C23H23FN4O2/c1-15-12-25-10-9-17(15)18-13-26-16(2)27-23(18)20-7-5-11-28(20)22(29)14-30-21-8-4-3-6-19(21)24/h3-4,6,8-10,12-13,20H,5,7,11,14H2,1-2H3/t20-/m1/s1. The molecule has 7 heteroatoms. The van der Waals surface area contributed by atoms with Crippen LogP contribution in [0.2, 0.25) is 0 Å². The number of likely N-dealkylation sites (tertiary alicyclic amines) is 1. The SMILES string of the molecule is Cc1ncc(-c2ccncc2C)c([C@H]2CCCN2C(=O)COc2ccccc2F)n1. The van der Waals surface area contributed by atoms with E-state index in [0.29, 0.717) is 12.4 Å². The number of nitrogens with zero attached hydrogens (tertiary/aromatic N) is 4. The molecule has 4 rings (SSSR count). The summed E-state index contributed by atoms with van der Waals surface area (Å²) in [6, 6.07) is 7.85. The van der Waals surface area contributed by atoms with E-state index in [9.17, 15) is 9.18 Å². The summed E-state index contributed by atoms with van der Waals surface area (Å²) in [5, 5.41) is 0. The van der Waals surface area contributed by atoms with Crippen LogP contribution in [-0.2, 0) is 4.79 Å². The Morgan fingerprint density at radius 3 is 2.83 bits per heavy atom. The monoisotopic (exact) mass is 406 g/mol. The predicted molar refractivity (Wildman–Crippen MR) is 110 cm³/mol. The average Bonchev–Trinajstić information content (AvgIpc) is 3.23. The summed E-state index contributed by atoms with van der Waals surface area (Å²) in [5.74, 6) is 0.0644. The van der Waals surface area contributed by atoms with E-state index in [1.807, 2.05) is 26.1 Å². The third-order valence-corrected chi connectivity index (χ3v) is 5.33. The summed E-state index contributed by atoms with van der Waals surface area (Å²) in [5.41, 5.74) is 3.75. The maximum Gasteiger partial charge on any atom is 0.261 e. The molecule has 0 spiro atoms. The molecule has 30 heavy (non-hydrogen) atoms. The van der Waals surface area contributed by atoms with Gasteiger partial charge in [-0.25, -0.2) is 14.4 Å². The fourth-order valence-electron chi connectivity index (χ4n) is 3.86. The predicted octanol–water partition coefficient (Wildman–Crippen LogP) is 4.04. The number of rotatable bonds is 5. The second kappa shape index (κ2) is 8.57. The van der Waals surface area contributed by atoms with Crippen molar-refractivity contribution >= 4 is 5.91 Å². The molecule has 0 radical (unpaired) electrons. The Bertz CT molecular complexity index is 1070. The molecular formula is C23H23FN4O2. The molecule has 0 N–H and O–H groups in total. The van der Waals surface area contributed by atoms with Crippen molar-refractivity contribution in [2.24, 2.45) is 0 Å². The molecule has 0 bridgehead atoms. The van der Waals surface area contributed by atoms with Gasteiger partial charge in [0, 0.05) is 30.7 Å². The number of amides is 1. The van der Waals surface area contributed by atoms with Gasteiger partial charge in [0.2, 0.25) is 0 Å². The maximum atomic E-state index is 13.8. The van der Waals surface area contributed by atoms with Gasteiger partial charge in [0.15, 0.2) is 18.2 Å². The molecule has 1 atom stereocenters. The van der Waals surface area contributed by atoms with Gasteiger partial charge >= 0.3 is 0 Å². The normalized spacial score (nSPS) is 16.0. The van der Waals surface area contributed by atoms with Crippen molar-refractivity contribution in [3.05, 3.63) is 71.8 Å². The van der Waals surface area contributed by atoms with E-state index in [1.54, 1.807) is 29.4 Å². The molecule has 1 fully saturated rings. The van der Waals surface area contributed by atoms with Crippen LogP contribution in [0.25, 0.3) is 11.1 Å². The van der Waals surface area contributed by atoms with Crippen molar-refractivity contribution in [2.75, 3.05) is 13.2 Å². The third-order valence-electron chi connectivity index (χ3n) is 5.33. The van der Waals surface area contributed by atoms with Crippen LogP contribution in [0.4, 0.5) is 4.39 Å². The highest BCUT2D eigenvalue weighted by Crippen LogP contribution is 2.37. The summed E-state index contributed by atoms with van der Waals surface area (Å²) in [7, 11) is 0. The number of ether oxygens (including phenoxy) is 1. The summed E-state index contributed by atoms with van der Waals surface area (Å²) < 4.78 is 19.3. The Labute approximate surface area is 174 Å². The van der Waals surface area contributed by atoms with Crippen molar-refractivity contribution in [2.45, 2.75) is 32.7 Å². The lowest BCUT2D eigenvalue weighted by Crippen LogP contribution is -2.35. The van der Waals surface area contributed by atoms with Crippen LogP contribution in [0.1, 0.15) is 36.0 Å². The number of aromatic nitrogens is 3. The van der Waals surface area contributed by atoms with E-state index < -0.39 is 5.82 Å². The van der Waals surface area contributed by atoms with Gasteiger partial charge in [-0.15, -0.1) is 0 Å². The average molecular weight is 406 g/mol. The molecule has 1 aliphatic heterocycles. The Balaban J connectivity index is 1.61. The Morgan fingerprint density at radius 1 is 1.20 bits per heavy atom. The van der Waals surface area contributed by atoms with Crippen molar-refractivity contribution in [1.29, 1.82) is 0 Å². The minimum atomic E-state index is -0.481. The largest absolute Gasteiger partial charge is 0.481 e. The highest BCUT2D eigenvalue weighted by atomic mass is 19.1. The second-order valence-corrected chi connectivity index (χ2v) is 7.37. The van der Waals surface area contributed by atoms with Crippen LogP contribution in [-0.4, -0.2) is 38.9 Å². The number of hydrogen-bond acceptors (Lipinski definition) is 5. The quantitative estimate of drug-likeness (QED) is 0.640. The first kappa shape index (κ1) is 19.9. The molecule has 2 aromatic heterocycles. The van der Waals surface area contributed by atoms with E-state index in [2.05, 4.69) is 9.97 Å². The van der Waals surface area contributed by atoms with Gasteiger partial charge in [0.25, 0.3) is 5.91 Å². The van der Waals surface area contributed by atoms with Crippen LogP contribution in [0.15, 0.2) is 48.9 Å². The molecule has 1 aliphatic rings. The van der Waals surface area contributed by atoms with Gasteiger partial charge in [0.05, 0.1) is 11.7 Å². The zero-order valence-corrected chi connectivity index (χ0v) is 17.0. The lowest BCUT2D eigenvalue weighted by atomic mass is 9.97. The van der Waals surface area contributed by atoms with Crippen molar-refractivity contribution < 1.29 is 13.9 Å². The van der Waals surface area contributed by atoms with E-state index in [4.69, 9.17) is 9.72 Å². The molecule has 1 saturated heterocycles. The lowest BCUT2D eigenvalue weighted by Gasteiger charge is -2.26. The Hall–Kier alpha value is -3.35. The molecular weight excluding hydrogens is 383 g/mol. The van der Waals surface area contributed by atoms with Gasteiger partial charge in [0.1, 0.15) is 5.82 Å². The summed E-state index contributed by atoms with van der Waals surface area (Å²) >= 11 is 0. The zero-order chi connectivity index (χ0) is 21.1. The number of aryl methyl sites for hydroxylation is 2. The smallest absolute Gasteiger partial charge is 0.261 e. The number of hydrogen-bond donors (Lipinski definition) is 0. The van der Waals surface area contributed by atoms with Gasteiger partial charge in [-0.3, -0.25) is 9.78 Å². The van der Waals surface area contributed by atoms with Crippen LogP contribution in [0.5, 0.6) is 5.75 Å². The number of benzene rings is 1. The van der Waals surface area contributed by atoms with Gasteiger partial charge in [-0.05, 0) is 56.0 Å². The number of carbonyl (C=O) groups is 1. The molecule has 3 aromatic rings. The van der Waals surface area contributed by atoms with Crippen molar-refractivity contribution in [1.82, 2.24) is 19.9 Å². The van der Waals surface area contributed by atoms with Crippen molar-refractivity contribution in [3.63, 3.8) is 0 Å². The molecule has 3 heterocycles. The topological polar surface area (TPSA) is 68.2 Å². The number of para-hydroxylation sites is 1. The van der Waals surface area contributed by atoms with E-state index in [0.717, 1.165) is 35.2 Å². The number of halogens is 1. The molecule has 1 aromatic carbocycles. The van der Waals surface area contributed by atoms with E-state index in [1.165, 1.54) is 12.1 Å². The van der Waals surface area contributed by atoms with E-state index >= 15 is 0 Å². The number of pyridine rings is 1. The highest BCUT2D eigenvalue weighted by molar-refractivity contribution is 5.79. The molecule has 6 nitrogen and oxygen atoms in total. The third kappa shape index (κ3) is 4.01. The van der Waals surface area contributed by atoms with Crippen LogP contribution >= 0.6 is 0 Å². The first-order valence-electron chi connectivity index (χ1n) is 9.96. The minimum Gasteiger partial charge on any atom is -0.481 e. The Morgan fingerprint density at radius 2 is 2.03 bits per heavy atom. The second-order valence-electron chi connectivity index (χ2n) is 7.37. The fourth-order valence-corrected chi connectivity index (χ4v) is 3.86. The first-order valence-corrected chi connectivity index (χ1v) is 9.96. The molecule has 154 valence electrons. The molecule has 0 aliphatic carbocycles. The lowest BCUT2D eigenvalue weighted by molar-refractivity contribution is -0.134. The fraction of sp³-hybridized carbons (Fsp3) is 0.304. The molecule has 0 unspecified atom stereocenters. The van der Waals surface area contributed by atoms with Crippen LogP contribution in [0.3, 0.4) is 0 Å². The van der Waals surface area contributed by atoms with Gasteiger partial charge in [-0.2, -0.15) is 0 Å². The van der Waals surface area contributed by atoms with Gasteiger partial charge in [-0.1, -0.05) is 12.1 Å². The van der Waals surface area contributed by atoms with Crippen molar-refractivity contribution in [3.8, 4) is 16.9 Å². The zero-order valence-electron chi connectivity index (χ0n) is 17.0. The molecule has 1 amide bonds. The van der Waals surface area contributed by atoms with Crippen LogP contribution in [0, 0.1) is 19.7 Å².